The van der Waals surface area contributed by atoms with Gasteiger partial charge in [0.05, 0.1) is 6.61 Å². The summed E-state index contributed by atoms with van der Waals surface area (Å²) in [5.74, 6) is 0.0570. The molecule has 0 bridgehead atoms. The molecule has 0 aromatic carbocycles. The van der Waals surface area contributed by atoms with Gasteiger partial charge in [0, 0.05) is 25.6 Å². The highest BCUT2D eigenvalue weighted by atomic mass is 16.3. The second kappa shape index (κ2) is 2.98. The van der Waals surface area contributed by atoms with Gasteiger partial charge in [0.15, 0.2) is 0 Å². The summed E-state index contributed by atoms with van der Waals surface area (Å²) >= 11 is 0. The topological polar surface area (TPSA) is 66.6 Å². The van der Waals surface area contributed by atoms with Crippen molar-refractivity contribution in [3.8, 4) is 0 Å². The quantitative estimate of drug-likeness (QED) is 0.497. The van der Waals surface area contributed by atoms with Crippen molar-refractivity contribution in [2.24, 2.45) is 5.73 Å². The molecule has 0 aromatic heterocycles. The fraction of sp³-hybridized carbons (Fsp3) is 0.833. The van der Waals surface area contributed by atoms with Gasteiger partial charge >= 0.3 is 0 Å². The molecule has 58 valence electrons. The zero-order chi connectivity index (χ0) is 7.56. The Labute approximate surface area is 59.6 Å². The summed E-state index contributed by atoms with van der Waals surface area (Å²) in [4.78, 5) is 12.5. The molecule has 0 saturated carbocycles. The molecule has 10 heavy (non-hydrogen) atoms. The first kappa shape index (κ1) is 7.50. The van der Waals surface area contributed by atoms with Crippen LogP contribution >= 0.6 is 0 Å². The molecule has 1 atom stereocenters. The van der Waals surface area contributed by atoms with Crippen LogP contribution in [0.1, 0.15) is 6.42 Å². The lowest BCUT2D eigenvalue weighted by Gasteiger charge is -2.12. The van der Waals surface area contributed by atoms with E-state index < -0.39 is 0 Å². The van der Waals surface area contributed by atoms with Gasteiger partial charge in [-0.1, -0.05) is 0 Å². The Bertz CT molecular complexity index is 138. The molecule has 0 unspecified atom stereocenters. The van der Waals surface area contributed by atoms with Crippen LogP contribution in [0.15, 0.2) is 0 Å². The molecule has 1 amide bonds. The summed E-state index contributed by atoms with van der Waals surface area (Å²) in [5, 5.41) is 8.50. The normalized spacial score (nSPS) is 26.0. The number of aliphatic hydroxyl groups is 1. The van der Waals surface area contributed by atoms with E-state index in [9.17, 15) is 4.79 Å². The van der Waals surface area contributed by atoms with Gasteiger partial charge < -0.3 is 15.7 Å². The summed E-state index contributed by atoms with van der Waals surface area (Å²) in [7, 11) is 0. The number of nitrogens with zero attached hydrogens (tertiary/aromatic N) is 1. The Hall–Kier alpha value is -0.610. The van der Waals surface area contributed by atoms with E-state index in [-0.39, 0.29) is 18.6 Å². The molecule has 1 aliphatic rings. The van der Waals surface area contributed by atoms with E-state index in [4.69, 9.17) is 10.8 Å². The molecule has 0 radical (unpaired) electrons. The van der Waals surface area contributed by atoms with Crippen LogP contribution in [0.25, 0.3) is 0 Å². The lowest BCUT2D eigenvalue weighted by Crippen LogP contribution is -2.30. The monoisotopic (exact) mass is 144 g/mol. The molecule has 1 saturated heterocycles. The first-order valence-corrected chi connectivity index (χ1v) is 3.38. The molecule has 4 nitrogen and oxygen atoms in total. The summed E-state index contributed by atoms with van der Waals surface area (Å²) in [6, 6.07) is -0.0287. The fourth-order valence-corrected chi connectivity index (χ4v) is 1.14. The van der Waals surface area contributed by atoms with Crippen molar-refractivity contribution < 1.29 is 9.90 Å². The first-order chi connectivity index (χ1) is 4.74. The average molecular weight is 144 g/mol. The maximum Gasteiger partial charge on any atom is 0.224 e. The number of nitrogens with two attached hydrogens (primary N) is 1. The SMILES string of the molecule is N[C@@H]1CC(=O)N(CCO)C1. The Kier molecular flexibility index (Phi) is 2.24. The highest BCUT2D eigenvalue weighted by Gasteiger charge is 2.25. The molecular weight excluding hydrogens is 132 g/mol. The van der Waals surface area contributed by atoms with Gasteiger partial charge in [0.1, 0.15) is 0 Å². The number of amides is 1. The van der Waals surface area contributed by atoms with Gasteiger partial charge in [-0.15, -0.1) is 0 Å². The van der Waals surface area contributed by atoms with Crippen LogP contribution < -0.4 is 5.73 Å². The van der Waals surface area contributed by atoms with Gasteiger partial charge in [-0.2, -0.15) is 0 Å². The van der Waals surface area contributed by atoms with Crippen LogP contribution in [0, 0.1) is 0 Å². The third-order valence-corrected chi connectivity index (χ3v) is 1.61. The molecule has 1 aliphatic heterocycles. The number of aliphatic hydroxyl groups excluding tert-OH is 1. The third kappa shape index (κ3) is 1.46. The van der Waals surface area contributed by atoms with E-state index in [1.165, 1.54) is 0 Å². The van der Waals surface area contributed by atoms with Crippen molar-refractivity contribution in [3.05, 3.63) is 0 Å². The molecule has 1 fully saturated rings. The second-order valence-electron chi connectivity index (χ2n) is 2.53. The highest BCUT2D eigenvalue weighted by molar-refractivity contribution is 5.79. The van der Waals surface area contributed by atoms with E-state index in [2.05, 4.69) is 0 Å². The van der Waals surface area contributed by atoms with Crippen molar-refractivity contribution >= 4 is 5.91 Å². The Balaban J connectivity index is 2.39. The molecule has 1 rings (SSSR count). The maximum atomic E-state index is 10.9. The van der Waals surface area contributed by atoms with Crippen molar-refractivity contribution in [2.45, 2.75) is 12.5 Å². The number of carbonyl (C=O) groups is 1. The van der Waals surface area contributed by atoms with E-state index in [0.29, 0.717) is 19.5 Å². The van der Waals surface area contributed by atoms with Gasteiger partial charge in [0.25, 0.3) is 0 Å². The van der Waals surface area contributed by atoms with E-state index in [1.54, 1.807) is 4.90 Å². The Morgan fingerprint density at radius 1 is 1.80 bits per heavy atom. The summed E-state index contributed by atoms with van der Waals surface area (Å²) in [6.07, 6.45) is 0.431. The number of carbonyl (C=O) groups excluding carboxylic acids is 1. The third-order valence-electron chi connectivity index (χ3n) is 1.61. The molecular formula is C6H12N2O2. The average Bonchev–Trinajstić information content (AvgIpc) is 2.13. The van der Waals surface area contributed by atoms with E-state index in [1.807, 2.05) is 0 Å². The van der Waals surface area contributed by atoms with Crippen LogP contribution in [0.5, 0.6) is 0 Å². The zero-order valence-electron chi connectivity index (χ0n) is 5.79. The van der Waals surface area contributed by atoms with Crippen LogP contribution in [-0.2, 0) is 4.79 Å². The lowest BCUT2D eigenvalue weighted by molar-refractivity contribution is -0.128. The number of rotatable bonds is 2. The number of hydrogen-bond donors (Lipinski definition) is 2. The maximum absolute atomic E-state index is 10.9. The van der Waals surface area contributed by atoms with Crippen LogP contribution in [0.3, 0.4) is 0 Å². The molecule has 0 aromatic rings. The van der Waals surface area contributed by atoms with Crippen LogP contribution in [0.2, 0.25) is 0 Å². The Morgan fingerprint density at radius 2 is 2.50 bits per heavy atom. The number of hydrogen-bond acceptors (Lipinski definition) is 3. The summed E-state index contributed by atoms with van der Waals surface area (Å²) in [6.45, 7) is 1.05. The fourth-order valence-electron chi connectivity index (χ4n) is 1.14. The van der Waals surface area contributed by atoms with Gasteiger partial charge in [0.2, 0.25) is 5.91 Å². The van der Waals surface area contributed by atoms with Crippen molar-refractivity contribution in [2.75, 3.05) is 19.7 Å². The molecule has 1 heterocycles. The highest BCUT2D eigenvalue weighted by Crippen LogP contribution is 2.07. The van der Waals surface area contributed by atoms with E-state index >= 15 is 0 Å². The first-order valence-electron chi connectivity index (χ1n) is 3.38. The number of likely N-dealkylation sites (tertiary alicyclic amines) is 1. The minimum atomic E-state index is -0.0287. The van der Waals surface area contributed by atoms with Gasteiger partial charge in [-0.3, -0.25) is 4.79 Å². The minimum Gasteiger partial charge on any atom is -0.395 e. The minimum absolute atomic E-state index is 0.0263. The predicted octanol–water partition coefficient (Wildman–Crippen LogP) is -1.46. The molecule has 4 heteroatoms. The predicted molar refractivity (Wildman–Crippen MR) is 36.3 cm³/mol. The Morgan fingerprint density at radius 3 is 2.90 bits per heavy atom. The van der Waals surface area contributed by atoms with Crippen molar-refractivity contribution in [1.29, 1.82) is 0 Å². The van der Waals surface area contributed by atoms with Crippen LogP contribution in [0.4, 0.5) is 0 Å². The summed E-state index contributed by atoms with van der Waals surface area (Å²) in [5.41, 5.74) is 5.50. The largest absolute Gasteiger partial charge is 0.395 e. The second-order valence-corrected chi connectivity index (χ2v) is 2.53. The number of β-amino-alcohol motifs (C(OH)–C–C–N with tert-alkyl or cyclic N) is 1. The van der Waals surface area contributed by atoms with Crippen molar-refractivity contribution in [3.63, 3.8) is 0 Å². The molecule has 0 aliphatic carbocycles. The molecule has 3 N–H and O–H groups in total. The van der Waals surface area contributed by atoms with Gasteiger partial charge in [-0.25, -0.2) is 0 Å². The van der Waals surface area contributed by atoms with E-state index in [0.717, 1.165) is 0 Å². The lowest BCUT2D eigenvalue weighted by atomic mass is 10.3. The van der Waals surface area contributed by atoms with Crippen LogP contribution in [-0.4, -0.2) is 41.7 Å². The van der Waals surface area contributed by atoms with Gasteiger partial charge in [-0.05, 0) is 0 Å². The smallest absolute Gasteiger partial charge is 0.224 e. The van der Waals surface area contributed by atoms with Crippen molar-refractivity contribution in [1.82, 2.24) is 4.90 Å². The zero-order valence-corrected chi connectivity index (χ0v) is 5.79. The summed E-state index contributed by atoms with van der Waals surface area (Å²) < 4.78 is 0. The molecule has 0 spiro atoms. The standard InChI is InChI=1S/C6H12N2O2/c7-5-3-6(10)8(4-5)1-2-9/h5,9H,1-4,7H2/t5-/m1/s1.